The minimum Gasteiger partial charge on any atom is -0.300 e. The van der Waals surface area contributed by atoms with Crippen molar-refractivity contribution in [1.29, 1.82) is 0 Å². The van der Waals surface area contributed by atoms with Gasteiger partial charge in [-0.3, -0.25) is 9.69 Å². The zero-order valence-corrected chi connectivity index (χ0v) is 16.1. The van der Waals surface area contributed by atoms with Gasteiger partial charge in [0.05, 0.1) is 0 Å². The van der Waals surface area contributed by atoms with Crippen molar-refractivity contribution in [3.8, 4) is 0 Å². The molecule has 1 aliphatic heterocycles. The Kier molecular flexibility index (Phi) is 6.27. The molecule has 0 spiro atoms. The molecule has 1 aliphatic rings. The number of amides is 1. The zero-order chi connectivity index (χ0) is 17.8. The number of anilines is 1. The molecule has 0 bridgehead atoms. The van der Waals surface area contributed by atoms with Gasteiger partial charge in [-0.2, -0.15) is 0 Å². The number of aromatic nitrogens is 2. The van der Waals surface area contributed by atoms with Crippen molar-refractivity contribution in [2.45, 2.75) is 23.7 Å². The van der Waals surface area contributed by atoms with Gasteiger partial charge in [0.15, 0.2) is 4.34 Å². The van der Waals surface area contributed by atoms with Crippen LogP contribution in [0.5, 0.6) is 0 Å². The summed E-state index contributed by atoms with van der Waals surface area (Å²) in [5.41, 5.74) is 0.519. The van der Waals surface area contributed by atoms with Crippen LogP contribution < -0.4 is 5.32 Å². The molecule has 1 fully saturated rings. The van der Waals surface area contributed by atoms with E-state index in [2.05, 4.69) is 20.4 Å². The fourth-order valence-electron chi connectivity index (χ4n) is 2.81. The van der Waals surface area contributed by atoms with Crippen LogP contribution in [0.2, 0.25) is 5.02 Å². The summed E-state index contributed by atoms with van der Waals surface area (Å²) < 4.78 is 14.7. The van der Waals surface area contributed by atoms with Crippen LogP contribution in [0.3, 0.4) is 0 Å². The summed E-state index contributed by atoms with van der Waals surface area (Å²) in [4.78, 5) is 14.5. The highest BCUT2D eigenvalue weighted by Gasteiger charge is 2.26. The molecule has 1 amide bonds. The Hall–Kier alpha value is -1.22. The SMILES string of the molecule is CSc1nnc(NC(=O)C2CCN(Cc3c(F)cccc3Cl)CC2)s1. The van der Waals surface area contributed by atoms with Gasteiger partial charge in [-0.1, -0.05) is 40.8 Å². The first-order valence-electron chi connectivity index (χ1n) is 7.90. The van der Waals surface area contributed by atoms with Gasteiger partial charge in [-0.25, -0.2) is 4.39 Å². The average molecular weight is 401 g/mol. The van der Waals surface area contributed by atoms with Crippen LogP contribution >= 0.6 is 34.7 Å². The summed E-state index contributed by atoms with van der Waals surface area (Å²) in [5, 5.41) is 11.8. The van der Waals surface area contributed by atoms with E-state index in [0.717, 1.165) is 30.3 Å². The Balaban J connectivity index is 1.52. The maximum Gasteiger partial charge on any atom is 0.229 e. The van der Waals surface area contributed by atoms with E-state index in [4.69, 9.17) is 11.6 Å². The normalized spacial score (nSPS) is 16.1. The number of hydrogen-bond donors (Lipinski definition) is 1. The predicted molar refractivity (Wildman–Crippen MR) is 99.7 cm³/mol. The third-order valence-electron chi connectivity index (χ3n) is 4.21. The molecule has 1 N–H and O–H groups in total. The third kappa shape index (κ3) is 4.69. The van der Waals surface area contributed by atoms with E-state index in [1.165, 1.54) is 29.2 Å². The number of piperidine rings is 1. The first-order chi connectivity index (χ1) is 12.1. The fraction of sp³-hybridized carbons (Fsp3) is 0.438. The quantitative estimate of drug-likeness (QED) is 0.609. The maximum absolute atomic E-state index is 13.9. The number of thioether (sulfide) groups is 1. The molecule has 25 heavy (non-hydrogen) atoms. The third-order valence-corrected chi connectivity index (χ3v) is 6.38. The molecule has 1 aromatic carbocycles. The monoisotopic (exact) mass is 400 g/mol. The van der Waals surface area contributed by atoms with E-state index in [0.29, 0.717) is 22.3 Å². The molecule has 9 heteroatoms. The van der Waals surface area contributed by atoms with Crippen molar-refractivity contribution in [3.63, 3.8) is 0 Å². The maximum atomic E-state index is 13.9. The van der Waals surface area contributed by atoms with Crippen LogP contribution in [0, 0.1) is 11.7 Å². The predicted octanol–water partition coefficient (Wildman–Crippen LogP) is 3.90. The molecule has 1 saturated heterocycles. The number of nitrogens with zero attached hydrogens (tertiary/aromatic N) is 3. The molecule has 2 heterocycles. The fourth-order valence-corrected chi connectivity index (χ4v) is 4.21. The number of carbonyl (C=O) groups is 1. The molecule has 3 rings (SSSR count). The molecule has 5 nitrogen and oxygen atoms in total. The second kappa shape index (κ2) is 8.44. The van der Waals surface area contributed by atoms with Gasteiger partial charge in [0, 0.05) is 23.0 Å². The minimum atomic E-state index is -0.284. The number of hydrogen-bond acceptors (Lipinski definition) is 6. The van der Waals surface area contributed by atoms with Crippen molar-refractivity contribution < 1.29 is 9.18 Å². The van der Waals surface area contributed by atoms with Crippen molar-refractivity contribution in [2.75, 3.05) is 24.7 Å². The Bertz CT molecular complexity index is 729. The molecule has 0 radical (unpaired) electrons. The van der Waals surface area contributed by atoms with Gasteiger partial charge in [0.1, 0.15) is 5.82 Å². The van der Waals surface area contributed by atoms with Crippen LogP contribution in [-0.2, 0) is 11.3 Å². The molecule has 2 aromatic rings. The number of rotatable bonds is 5. The lowest BCUT2D eigenvalue weighted by Crippen LogP contribution is -2.38. The van der Waals surface area contributed by atoms with Crippen molar-refractivity contribution in [1.82, 2.24) is 15.1 Å². The van der Waals surface area contributed by atoms with Gasteiger partial charge in [-0.15, -0.1) is 10.2 Å². The lowest BCUT2D eigenvalue weighted by molar-refractivity contribution is -0.121. The van der Waals surface area contributed by atoms with Crippen molar-refractivity contribution in [2.24, 2.45) is 5.92 Å². The number of benzene rings is 1. The Morgan fingerprint density at radius 1 is 1.44 bits per heavy atom. The van der Waals surface area contributed by atoms with Gasteiger partial charge in [0.2, 0.25) is 11.0 Å². The summed E-state index contributed by atoms with van der Waals surface area (Å²) in [7, 11) is 0. The van der Waals surface area contributed by atoms with Crippen LogP contribution in [0.15, 0.2) is 22.5 Å². The van der Waals surface area contributed by atoms with E-state index in [1.807, 2.05) is 6.26 Å². The zero-order valence-electron chi connectivity index (χ0n) is 13.7. The van der Waals surface area contributed by atoms with Gasteiger partial charge >= 0.3 is 0 Å². The molecule has 0 aliphatic carbocycles. The molecule has 0 saturated carbocycles. The molecule has 0 unspecified atom stereocenters. The van der Waals surface area contributed by atoms with Crippen molar-refractivity contribution in [3.05, 3.63) is 34.6 Å². The molecular formula is C16H18ClFN4OS2. The molecular weight excluding hydrogens is 383 g/mol. The summed E-state index contributed by atoms with van der Waals surface area (Å²) in [5.74, 6) is -0.366. The number of likely N-dealkylation sites (tertiary alicyclic amines) is 1. The van der Waals surface area contributed by atoms with E-state index >= 15 is 0 Å². The van der Waals surface area contributed by atoms with Gasteiger partial charge < -0.3 is 5.32 Å². The smallest absolute Gasteiger partial charge is 0.229 e. The first-order valence-corrected chi connectivity index (χ1v) is 10.3. The lowest BCUT2D eigenvalue weighted by Gasteiger charge is -2.31. The van der Waals surface area contributed by atoms with Gasteiger partial charge in [0.25, 0.3) is 0 Å². The lowest BCUT2D eigenvalue weighted by atomic mass is 9.95. The highest BCUT2D eigenvalue weighted by atomic mass is 35.5. The largest absolute Gasteiger partial charge is 0.300 e. The summed E-state index contributed by atoms with van der Waals surface area (Å²) in [6.45, 7) is 1.93. The standard InChI is InChI=1S/C16H18ClFN4OS2/c1-24-16-21-20-15(25-16)19-14(23)10-5-7-22(8-6-10)9-11-12(17)3-2-4-13(11)18/h2-4,10H,5-9H2,1H3,(H,19,20,23). The molecule has 1 aromatic heterocycles. The van der Waals surface area contributed by atoms with Crippen LogP contribution in [-0.4, -0.2) is 40.3 Å². The number of carbonyl (C=O) groups excluding carboxylic acids is 1. The minimum absolute atomic E-state index is 0.0209. The molecule has 0 atom stereocenters. The Morgan fingerprint density at radius 2 is 2.20 bits per heavy atom. The van der Waals surface area contributed by atoms with E-state index < -0.39 is 0 Å². The number of halogens is 2. The average Bonchev–Trinajstić information content (AvgIpc) is 3.06. The van der Waals surface area contributed by atoms with Crippen LogP contribution in [0.1, 0.15) is 18.4 Å². The molecule has 134 valence electrons. The van der Waals surface area contributed by atoms with Crippen molar-refractivity contribution >= 4 is 45.7 Å². The highest BCUT2D eigenvalue weighted by molar-refractivity contribution is 8.00. The van der Waals surface area contributed by atoms with E-state index in [9.17, 15) is 9.18 Å². The number of nitrogens with one attached hydrogen (secondary N) is 1. The van der Waals surface area contributed by atoms with Crippen LogP contribution in [0.4, 0.5) is 9.52 Å². The Morgan fingerprint density at radius 3 is 2.84 bits per heavy atom. The van der Waals surface area contributed by atoms with E-state index in [1.54, 1.807) is 12.1 Å². The summed E-state index contributed by atoms with van der Waals surface area (Å²) in [6.07, 6.45) is 3.38. The van der Waals surface area contributed by atoms with Crippen LogP contribution in [0.25, 0.3) is 0 Å². The topological polar surface area (TPSA) is 58.1 Å². The Labute approximate surface area is 159 Å². The second-order valence-electron chi connectivity index (χ2n) is 5.82. The first kappa shape index (κ1) is 18.6. The van der Waals surface area contributed by atoms with Gasteiger partial charge in [-0.05, 0) is 44.3 Å². The summed E-state index contributed by atoms with van der Waals surface area (Å²) in [6, 6.07) is 4.73. The highest BCUT2D eigenvalue weighted by Crippen LogP contribution is 2.27. The summed E-state index contributed by atoms with van der Waals surface area (Å²) >= 11 is 8.96. The second-order valence-corrected chi connectivity index (χ2v) is 8.26. The van der Waals surface area contributed by atoms with E-state index in [-0.39, 0.29) is 17.6 Å².